The zero-order valence-corrected chi connectivity index (χ0v) is 16.3. The van der Waals surface area contributed by atoms with Crippen molar-refractivity contribution in [1.82, 2.24) is 24.5 Å². The molecule has 2 aromatic carbocycles. The number of hydrogen-bond acceptors (Lipinski definition) is 5. The standard InChI is InChI=1S/C22H14F3N5O2/c23-22(24,25)15-7-4-8-17(9-15)30-20-18(11-27-30)21(31)29(13-26-20)12-16-10-19(32-28-16)14-5-2-1-3-6-14/h1-11,13H,12H2. The summed E-state index contributed by atoms with van der Waals surface area (Å²) >= 11 is 0. The van der Waals surface area contributed by atoms with Gasteiger partial charge in [0.05, 0.1) is 24.0 Å². The Morgan fingerprint density at radius 1 is 1.00 bits per heavy atom. The van der Waals surface area contributed by atoms with Crippen LogP contribution in [0.15, 0.2) is 82.5 Å². The van der Waals surface area contributed by atoms with E-state index in [1.807, 2.05) is 30.3 Å². The number of alkyl halides is 3. The van der Waals surface area contributed by atoms with E-state index in [0.29, 0.717) is 11.5 Å². The third-order valence-electron chi connectivity index (χ3n) is 4.92. The van der Waals surface area contributed by atoms with Crippen LogP contribution >= 0.6 is 0 Å². The van der Waals surface area contributed by atoms with Crippen LogP contribution in [0.2, 0.25) is 0 Å². The first-order chi connectivity index (χ1) is 15.4. The van der Waals surface area contributed by atoms with Crippen LogP contribution in [0, 0.1) is 0 Å². The van der Waals surface area contributed by atoms with Crippen LogP contribution < -0.4 is 5.56 Å². The minimum Gasteiger partial charge on any atom is -0.356 e. The molecule has 0 amide bonds. The number of hydrogen-bond donors (Lipinski definition) is 0. The molecule has 0 bridgehead atoms. The third kappa shape index (κ3) is 3.55. The van der Waals surface area contributed by atoms with Crippen LogP contribution in [0.3, 0.4) is 0 Å². The predicted octanol–water partition coefficient (Wildman–Crippen LogP) is 4.30. The molecule has 0 atom stereocenters. The number of rotatable bonds is 4. The molecule has 160 valence electrons. The molecule has 0 radical (unpaired) electrons. The van der Waals surface area contributed by atoms with Gasteiger partial charge in [-0.2, -0.15) is 18.3 Å². The second-order valence-electron chi connectivity index (χ2n) is 7.07. The Kier molecular flexibility index (Phi) is 4.62. The Morgan fingerprint density at radius 3 is 2.59 bits per heavy atom. The van der Waals surface area contributed by atoms with Gasteiger partial charge < -0.3 is 4.52 Å². The van der Waals surface area contributed by atoms with Gasteiger partial charge in [0.2, 0.25) is 0 Å². The van der Waals surface area contributed by atoms with Crippen molar-refractivity contribution in [3.8, 4) is 17.0 Å². The monoisotopic (exact) mass is 437 g/mol. The van der Waals surface area contributed by atoms with Gasteiger partial charge >= 0.3 is 6.18 Å². The number of benzene rings is 2. The van der Waals surface area contributed by atoms with Crippen LogP contribution in [0.5, 0.6) is 0 Å². The zero-order valence-electron chi connectivity index (χ0n) is 16.3. The molecule has 3 aromatic heterocycles. The fourth-order valence-electron chi connectivity index (χ4n) is 3.36. The molecule has 0 aliphatic carbocycles. The lowest BCUT2D eigenvalue weighted by Gasteiger charge is -2.09. The van der Waals surface area contributed by atoms with E-state index in [1.54, 1.807) is 6.07 Å². The molecule has 0 fully saturated rings. The highest BCUT2D eigenvalue weighted by Crippen LogP contribution is 2.30. The van der Waals surface area contributed by atoms with Crippen LogP contribution in [0.1, 0.15) is 11.3 Å². The molecule has 0 saturated carbocycles. The van der Waals surface area contributed by atoms with Crippen molar-refractivity contribution in [2.45, 2.75) is 12.7 Å². The minimum atomic E-state index is -4.49. The first-order valence-electron chi connectivity index (χ1n) is 9.52. The lowest BCUT2D eigenvalue weighted by Crippen LogP contribution is -2.21. The molecule has 0 aliphatic rings. The first kappa shape index (κ1) is 19.7. The molecule has 0 unspecified atom stereocenters. The maximum atomic E-state index is 13.0. The minimum absolute atomic E-state index is 0.118. The SMILES string of the molecule is O=c1c2cnn(-c3cccc(C(F)(F)F)c3)c2ncn1Cc1cc(-c2ccccc2)on1. The van der Waals surface area contributed by atoms with Crippen molar-refractivity contribution >= 4 is 11.0 Å². The number of halogens is 3. The summed E-state index contributed by atoms with van der Waals surface area (Å²) in [5.74, 6) is 0.569. The van der Waals surface area contributed by atoms with Gasteiger partial charge in [-0.1, -0.05) is 41.6 Å². The molecular formula is C22H14F3N5O2. The van der Waals surface area contributed by atoms with E-state index in [1.165, 1.54) is 33.9 Å². The average molecular weight is 437 g/mol. The highest BCUT2D eigenvalue weighted by atomic mass is 19.4. The van der Waals surface area contributed by atoms with Gasteiger partial charge in [-0.3, -0.25) is 9.36 Å². The molecular weight excluding hydrogens is 423 g/mol. The zero-order chi connectivity index (χ0) is 22.3. The van der Waals surface area contributed by atoms with Crippen molar-refractivity contribution in [1.29, 1.82) is 0 Å². The summed E-state index contributed by atoms with van der Waals surface area (Å²) in [6, 6.07) is 15.8. The molecule has 0 N–H and O–H groups in total. The number of nitrogens with zero attached hydrogens (tertiary/aromatic N) is 5. The largest absolute Gasteiger partial charge is 0.416 e. The maximum absolute atomic E-state index is 13.0. The summed E-state index contributed by atoms with van der Waals surface area (Å²) in [6.45, 7) is 0.118. The van der Waals surface area contributed by atoms with Gasteiger partial charge in [-0.05, 0) is 18.2 Å². The molecule has 10 heteroatoms. The van der Waals surface area contributed by atoms with Crippen LogP contribution in [0.4, 0.5) is 13.2 Å². The molecule has 0 aliphatic heterocycles. The van der Waals surface area contributed by atoms with Gasteiger partial charge in [-0.25, -0.2) is 9.67 Å². The quantitative estimate of drug-likeness (QED) is 0.419. The van der Waals surface area contributed by atoms with Crippen molar-refractivity contribution in [3.05, 3.63) is 94.8 Å². The van der Waals surface area contributed by atoms with Crippen LogP contribution in [-0.4, -0.2) is 24.5 Å². The van der Waals surface area contributed by atoms with Crippen molar-refractivity contribution < 1.29 is 17.7 Å². The van der Waals surface area contributed by atoms with Crippen molar-refractivity contribution in [2.75, 3.05) is 0 Å². The summed E-state index contributed by atoms with van der Waals surface area (Å²) in [4.78, 5) is 17.2. The van der Waals surface area contributed by atoms with Gasteiger partial charge in [0, 0.05) is 11.6 Å². The van der Waals surface area contributed by atoms with Gasteiger partial charge in [0.25, 0.3) is 5.56 Å². The molecule has 32 heavy (non-hydrogen) atoms. The molecule has 5 rings (SSSR count). The second-order valence-corrected chi connectivity index (χ2v) is 7.07. The highest BCUT2D eigenvalue weighted by Gasteiger charge is 2.30. The Bertz CT molecular complexity index is 1470. The first-order valence-corrected chi connectivity index (χ1v) is 9.52. The van der Waals surface area contributed by atoms with Crippen molar-refractivity contribution in [2.24, 2.45) is 0 Å². The third-order valence-corrected chi connectivity index (χ3v) is 4.92. The van der Waals surface area contributed by atoms with Crippen LogP contribution in [-0.2, 0) is 12.7 Å². The van der Waals surface area contributed by atoms with E-state index < -0.39 is 17.3 Å². The van der Waals surface area contributed by atoms with Gasteiger partial charge in [-0.15, -0.1) is 0 Å². The average Bonchev–Trinajstić information content (AvgIpc) is 3.43. The summed E-state index contributed by atoms with van der Waals surface area (Å²) in [6.07, 6.45) is -1.89. The number of aromatic nitrogens is 5. The number of fused-ring (bicyclic) bond motifs is 1. The fraction of sp³-hybridized carbons (Fsp3) is 0.0909. The Hall–Kier alpha value is -4.21. The van der Waals surface area contributed by atoms with Crippen molar-refractivity contribution in [3.63, 3.8) is 0 Å². The maximum Gasteiger partial charge on any atom is 0.416 e. The Morgan fingerprint density at radius 2 is 1.81 bits per heavy atom. The van der Waals surface area contributed by atoms with Gasteiger partial charge in [0.15, 0.2) is 11.4 Å². The predicted molar refractivity (Wildman–Crippen MR) is 109 cm³/mol. The molecule has 7 nitrogen and oxygen atoms in total. The summed E-state index contributed by atoms with van der Waals surface area (Å²) < 4.78 is 47.0. The van der Waals surface area contributed by atoms with E-state index in [2.05, 4.69) is 15.2 Å². The summed E-state index contributed by atoms with van der Waals surface area (Å²) in [5, 5.41) is 8.26. The summed E-state index contributed by atoms with van der Waals surface area (Å²) in [7, 11) is 0. The second kappa shape index (κ2) is 7.49. The Balaban J connectivity index is 1.48. The van der Waals surface area contributed by atoms with E-state index >= 15 is 0 Å². The normalized spacial score (nSPS) is 11.8. The highest BCUT2D eigenvalue weighted by molar-refractivity contribution is 5.75. The van der Waals surface area contributed by atoms with Crippen LogP contribution in [0.25, 0.3) is 28.0 Å². The Labute approximate surface area is 178 Å². The van der Waals surface area contributed by atoms with Gasteiger partial charge in [0.1, 0.15) is 17.4 Å². The lowest BCUT2D eigenvalue weighted by atomic mass is 10.2. The lowest BCUT2D eigenvalue weighted by molar-refractivity contribution is -0.137. The smallest absolute Gasteiger partial charge is 0.356 e. The molecule has 0 spiro atoms. The summed E-state index contributed by atoms with van der Waals surface area (Å²) in [5.41, 5.74) is 0.496. The molecule has 0 saturated heterocycles. The van der Waals surface area contributed by atoms with E-state index in [0.717, 1.165) is 17.7 Å². The van der Waals surface area contributed by atoms with E-state index in [4.69, 9.17) is 4.52 Å². The van der Waals surface area contributed by atoms with E-state index in [-0.39, 0.29) is 23.3 Å². The molecule has 3 heterocycles. The topological polar surface area (TPSA) is 78.7 Å². The molecule has 5 aromatic rings. The van der Waals surface area contributed by atoms with E-state index in [9.17, 15) is 18.0 Å². The fourth-order valence-corrected chi connectivity index (χ4v) is 3.36.